The minimum Gasteiger partial charge on any atom is -0.344 e. The van der Waals surface area contributed by atoms with E-state index in [-0.39, 0.29) is 29.2 Å². The first-order valence-corrected chi connectivity index (χ1v) is 8.93. The summed E-state index contributed by atoms with van der Waals surface area (Å²) in [5, 5.41) is 3.02. The third-order valence-electron chi connectivity index (χ3n) is 6.01. The summed E-state index contributed by atoms with van der Waals surface area (Å²) in [6.45, 7) is 2.73. The van der Waals surface area contributed by atoms with E-state index in [0.29, 0.717) is 0 Å². The SMILES string of the molecule is Cc1ccccc1N1CCCC(NC(=O)C2CC23CC(N)C3)C1=O. The van der Waals surface area contributed by atoms with Crippen molar-refractivity contribution in [2.24, 2.45) is 17.1 Å². The molecule has 1 spiro atoms. The summed E-state index contributed by atoms with van der Waals surface area (Å²) in [6.07, 6.45) is 4.49. The van der Waals surface area contributed by atoms with Crippen LogP contribution in [0.3, 0.4) is 0 Å². The summed E-state index contributed by atoms with van der Waals surface area (Å²) in [5.74, 6) is 0.134. The van der Waals surface area contributed by atoms with Gasteiger partial charge >= 0.3 is 0 Å². The van der Waals surface area contributed by atoms with E-state index in [4.69, 9.17) is 5.73 Å². The van der Waals surface area contributed by atoms with Crippen LogP contribution in [0.4, 0.5) is 5.69 Å². The number of rotatable bonds is 3. The van der Waals surface area contributed by atoms with Gasteiger partial charge in [0.25, 0.3) is 0 Å². The fraction of sp³-hybridized carbons (Fsp3) is 0.579. The molecule has 1 heterocycles. The molecule has 2 saturated carbocycles. The number of nitrogens with zero attached hydrogens (tertiary/aromatic N) is 1. The lowest BCUT2D eigenvalue weighted by atomic mass is 9.75. The summed E-state index contributed by atoms with van der Waals surface area (Å²) < 4.78 is 0. The highest BCUT2D eigenvalue weighted by Crippen LogP contribution is 2.65. The van der Waals surface area contributed by atoms with Gasteiger partial charge in [-0.25, -0.2) is 0 Å². The molecule has 0 radical (unpaired) electrons. The first-order valence-electron chi connectivity index (χ1n) is 8.93. The van der Waals surface area contributed by atoms with E-state index >= 15 is 0 Å². The second kappa shape index (κ2) is 5.59. The highest BCUT2D eigenvalue weighted by molar-refractivity contribution is 6.00. The van der Waals surface area contributed by atoms with Crippen LogP contribution in [0.25, 0.3) is 0 Å². The highest BCUT2D eigenvalue weighted by Gasteiger charge is 2.63. The van der Waals surface area contributed by atoms with Gasteiger partial charge in [0.1, 0.15) is 6.04 Å². The Kier molecular flexibility index (Phi) is 3.64. The maximum atomic E-state index is 12.8. The van der Waals surface area contributed by atoms with Crippen molar-refractivity contribution in [3.63, 3.8) is 0 Å². The molecule has 3 N–H and O–H groups in total. The summed E-state index contributed by atoms with van der Waals surface area (Å²) >= 11 is 0. The normalized spacial score (nSPS) is 34.8. The van der Waals surface area contributed by atoms with Gasteiger partial charge in [-0.3, -0.25) is 9.59 Å². The second-order valence-corrected chi connectivity index (χ2v) is 7.77. The van der Waals surface area contributed by atoms with Crippen LogP contribution in [0.1, 0.15) is 37.7 Å². The predicted molar refractivity (Wildman–Crippen MR) is 92.4 cm³/mol. The number of hydrogen-bond acceptors (Lipinski definition) is 3. The maximum absolute atomic E-state index is 12.8. The highest BCUT2D eigenvalue weighted by atomic mass is 16.2. The van der Waals surface area contributed by atoms with Crippen LogP contribution >= 0.6 is 0 Å². The Morgan fingerprint density at radius 3 is 2.75 bits per heavy atom. The van der Waals surface area contributed by atoms with Crippen LogP contribution in [0, 0.1) is 18.3 Å². The Balaban J connectivity index is 1.42. The van der Waals surface area contributed by atoms with E-state index in [1.165, 1.54) is 0 Å². The van der Waals surface area contributed by atoms with Gasteiger partial charge in [-0.05, 0) is 56.1 Å². The molecule has 1 aromatic carbocycles. The Hall–Kier alpha value is -1.88. The van der Waals surface area contributed by atoms with Crippen LogP contribution < -0.4 is 16.0 Å². The van der Waals surface area contributed by atoms with Crippen molar-refractivity contribution < 1.29 is 9.59 Å². The van der Waals surface area contributed by atoms with Crippen molar-refractivity contribution in [3.8, 4) is 0 Å². The van der Waals surface area contributed by atoms with Gasteiger partial charge < -0.3 is 16.0 Å². The summed E-state index contributed by atoms with van der Waals surface area (Å²) in [6, 6.07) is 7.78. The Morgan fingerprint density at radius 2 is 2.04 bits per heavy atom. The van der Waals surface area contributed by atoms with Gasteiger partial charge in [0, 0.05) is 24.2 Å². The molecule has 128 valence electrons. The Bertz CT molecular complexity index is 681. The van der Waals surface area contributed by atoms with Crippen LogP contribution in [0.2, 0.25) is 0 Å². The number of nitrogens with two attached hydrogens (primary N) is 1. The molecule has 2 aliphatic carbocycles. The number of para-hydroxylation sites is 1. The second-order valence-electron chi connectivity index (χ2n) is 7.77. The fourth-order valence-electron chi connectivity index (χ4n) is 4.54. The summed E-state index contributed by atoms with van der Waals surface area (Å²) in [4.78, 5) is 27.2. The zero-order valence-electron chi connectivity index (χ0n) is 14.1. The van der Waals surface area contributed by atoms with Gasteiger partial charge in [-0.2, -0.15) is 0 Å². The van der Waals surface area contributed by atoms with Crippen LogP contribution in [0.15, 0.2) is 24.3 Å². The van der Waals surface area contributed by atoms with E-state index in [9.17, 15) is 9.59 Å². The van der Waals surface area contributed by atoms with Crippen LogP contribution in [0.5, 0.6) is 0 Å². The largest absolute Gasteiger partial charge is 0.344 e. The molecule has 2 amide bonds. The standard InChI is InChI=1S/C19H25N3O2/c1-12-5-2-3-7-16(12)22-8-4-6-15(18(22)24)21-17(23)14-11-19(14)9-13(20)10-19/h2-3,5,7,13-15H,4,6,8-11,20H2,1H3,(H,21,23). The van der Waals surface area contributed by atoms with Gasteiger partial charge in [0.05, 0.1) is 0 Å². The monoisotopic (exact) mass is 327 g/mol. The molecule has 5 nitrogen and oxygen atoms in total. The number of carbonyl (C=O) groups is 2. The fourth-order valence-corrected chi connectivity index (χ4v) is 4.54. The van der Waals surface area contributed by atoms with E-state index < -0.39 is 6.04 Å². The number of anilines is 1. The average Bonchev–Trinajstić information content (AvgIpc) is 3.25. The quantitative estimate of drug-likeness (QED) is 0.888. The van der Waals surface area contributed by atoms with Gasteiger partial charge in [0.15, 0.2) is 0 Å². The molecule has 0 aromatic heterocycles. The topological polar surface area (TPSA) is 75.4 Å². The van der Waals surface area contributed by atoms with E-state index in [2.05, 4.69) is 5.32 Å². The molecule has 3 fully saturated rings. The lowest BCUT2D eigenvalue weighted by Gasteiger charge is -2.35. The van der Waals surface area contributed by atoms with E-state index in [0.717, 1.165) is 49.9 Å². The predicted octanol–water partition coefficient (Wildman–Crippen LogP) is 1.73. The average molecular weight is 327 g/mol. The van der Waals surface area contributed by atoms with Crippen molar-refractivity contribution in [1.29, 1.82) is 0 Å². The van der Waals surface area contributed by atoms with Crippen molar-refractivity contribution in [2.75, 3.05) is 11.4 Å². The molecule has 5 heteroatoms. The number of aryl methyl sites for hydroxylation is 1. The molecule has 24 heavy (non-hydrogen) atoms. The van der Waals surface area contributed by atoms with Crippen LogP contribution in [-0.2, 0) is 9.59 Å². The maximum Gasteiger partial charge on any atom is 0.249 e. The number of amides is 2. The Morgan fingerprint density at radius 1 is 1.29 bits per heavy atom. The van der Waals surface area contributed by atoms with Crippen molar-refractivity contribution >= 4 is 17.5 Å². The van der Waals surface area contributed by atoms with Gasteiger partial charge in [0.2, 0.25) is 11.8 Å². The first-order chi connectivity index (χ1) is 11.5. The molecule has 2 unspecified atom stereocenters. The number of piperidine rings is 1. The molecule has 0 bridgehead atoms. The van der Waals surface area contributed by atoms with E-state index in [1.54, 1.807) is 0 Å². The number of carbonyl (C=O) groups excluding carboxylic acids is 2. The van der Waals surface area contributed by atoms with Crippen molar-refractivity contribution in [2.45, 2.75) is 51.1 Å². The molecule has 3 aliphatic rings. The van der Waals surface area contributed by atoms with Gasteiger partial charge in [-0.1, -0.05) is 18.2 Å². The molecular weight excluding hydrogens is 302 g/mol. The first kappa shape index (κ1) is 15.6. The minimum atomic E-state index is -0.391. The molecular formula is C19H25N3O2. The lowest BCUT2D eigenvalue weighted by Crippen LogP contribution is -2.53. The van der Waals surface area contributed by atoms with Crippen molar-refractivity contribution in [3.05, 3.63) is 29.8 Å². The van der Waals surface area contributed by atoms with Crippen molar-refractivity contribution in [1.82, 2.24) is 5.32 Å². The molecule has 1 aliphatic heterocycles. The lowest BCUT2D eigenvalue weighted by molar-refractivity contribution is -0.130. The molecule has 4 rings (SSSR count). The third-order valence-corrected chi connectivity index (χ3v) is 6.01. The number of benzene rings is 1. The minimum absolute atomic E-state index is 0.0175. The summed E-state index contributed by atoms with van der Waals surface area (Å²) in [7, 11) is 0. The molecule has 1 aromatic rings. The summed E-state index contributed by atoms with van der Waals surface area (Å²) in [5.41, 5.74) is 8.07. The zero-order valence-corrected chi connectivity index (χ0v) is 14.1. The smallest absolute Gasteiger partial charge is 0.249 e. The van der Waals surface area contributed by atoms with E-state index in [1.807, 2.05) is 36.1 Å². The Labute approximate surface area is 142 Å². The van der Waals surface area contributed by atoms with Crippen LogP contribution in [-0.4, -0.2) is 30.4 Å². The third kappa shape index (κ3) is 2.51. The zero-order chi connectivity index (χ0) is 16.9. The molecule has 1 saturated heterocycles. The van der Waals surface area contributed by atoms with Gasteiger partial charge in [-0.15, -0.1) is 0 Å². The molecule has 2 atom stereocenters. The number of hydrogen-bond donors (Lipinski definition) is 2. The number of nitrogens with one attached hydrogen (secondary N) is 1.